The Morgan fingerprint density at radius 1 is 1.63 bits per heavy atom. The van der Waals surface area contributed by atoms with Gasteiger partial charge in [-0.2, -0.15) is 8.78 Å². The van der Waals surface area contributed by atoms with Gasteiger partial charge in [0.15, 0.2) is 5.96 Å². The van der Waals surface area contributed by atoms with Crippen molar-refractivity contribution in [2.75, 3.05) is 7.05 Å². The average Bonchev–Trinajstić information content (AvgIpc) is 2.85. The maximum atomic E-state index is 12.6. The number of hydrogen-bond acceptors (Lipinski definition) is 2. The zero-order valence-electron chi connectivity index (χ0n) is 10.8. The molecule has 1 aromatic rings. The Balaban J connectivity index is 0.00000180. The summed E-state index contributed by atoms with van der Waals surface area (Å²) >= 11 is 0. The summed E-state index contributed by atoms with van der Waals surface area (Å²) in [6, 6.07) is 0.436. The van der Waals surface area contributed by atoms with Gasteiger partial charge < -0.3 is 10.6 Å². The highest BCUT2D eigenvalue weighted by Gasteiger charge is 2.33. The summed E-state index contributed by atoms with van der Waals surface area (Å²) in [4.78, 5) is 7.94. The number of nitrogens with zero attached hydrogens (tertiary/aromatic N) is 3. The number of hydrogen-bond donors (Lipinski definition) is 2. The quantitative estimate of drug-likeness (QED) is 0.474. The number of halogens is 3. The predicted molar refractivity (Wildman–Crippen MR) is 79.8 cm³/mol. The number of nitrogens with one attached hydrogen (secondary N) is 2. The van der Waals surface area contributed by atoms with Crippen LogP contribution < -0.4 is 10.6 Å². The van der Waals surface area contributed by atoms with Crippen molar-refractivity contribution in [1.82, 2.24) is 20.2 Å². The SMILES string of the molecule is CN=C(NCc1nccn1C(F)F)NC1CC1C.I. The molecule has 1 fully saturated rings. The topological polar surface area (TPSA) is 54.2 Å². The van der Waals surface area contributed by atoms with Crippen LogP contribution in [-0.2, 0) is 6.54 Å². The van der Waals surface area contributed by atoms with Gasteiger partial charge in [0.1, 0.15) is 5.82 Å². The van der Waals surface area contributed by atoms with Crippen molar-refractivity contribution in [2.24, 2.45) is 10.9 Å². The van der Waals surface area contributed by atoms with Gasteiger partial charge in [0.25, 0.3) is 0 Å². The second-order valence-electron chi connectivity index (χ2n) is 4.42. The molecule has 1 saturated carbocycles. The smallest absolute Gasteiger partial charge is 0.319 e. The fourth-order valence-corrected chi connectivity index (χ4v) is 1.71. The van der Waals surface area contributed by atoms with Gasteiger partial charge in [-0.3, -0.25) is 9.56 Å². The summed E-state index contributed by atoms with van der Waals surface area (Å²) in [5.74, 6) is 1.55. The molecule has 0 aliphatic heterocycles. The van der Waals surface area contributed by atoms with Gasteiger partial charge >= 0.3 is 6.55 Å². The van der Waals surface area contributed by atoms with Gasteiger partial charge in [-0.05, 0) is 12.3 Å². The molecule has 0 spiro atoms. The van der Waals surface area contributed by atoms with Crippen LogP contribution >= 0.6 is 24.0 Å². The Labute approximate surface area is 127 Å². The fraction of sp³-hybridized carbons (Fsp3) is 0.636. The molecule has 2 atom stereocenters. The van der Waals surface area contributed by atoms with E-state index in [9.17, 15) is 8.78 Å². The minimum Gasteiger partial charge on any atom is -0.353 e. The molecule has 1 aliphatic carbocycles. The maximum absolute atomic E-state index is 12.6. The minimum atomic E-state index is -2.57. The lowest BCUT2D eigenvalue weighted by molar-refractivity contribution is 0.0668. The monoisotopic (exact) mass is 385 g/mol. The van der Waals surface area contributed by atoms with Crippen molar-refractivity contribution in [1.29, 1.82) is 0 Å². The van der Waals surface area contributed by atoms with Crippen LogP contribution in [0.4, 0.5) is 8.78 Å². The van der Waals surface area contributed by atoms with E-state index in [0.29, 0.717) is 17.9 Å². The van der Waals surface area contributed by atoms with Crippen molar-refractivity contribution in [3.05, 3.63) is 18.2 Å². The van der Waals surface area contributed by atoms with E-state index in [1.165, 1.54) is 12.4 Å². The molecule has 108 valence electrons. The van der Waals surface area contributed by atoms with E-state index in [1.54, 1.807) is 7.05 Å². The molecule has 1 aromatic heterocycles. The van der Waals surface area contributed by atoms with Gasteiger partial charge in [0, 0.05) is 25.5 Å². The molecule has 2 N–H and O–H groups in total. The summed E-state index contributed by atoms with van der Waals surface area (Å²) in [5, 5.41) is 6.20. The van der Waals surface area contributed by atoms with Gasteiger partial charge in [0.05, 0.1) is 6.54 Å². The highest BCUT2D eigenvalue weighted by molar-refractivity contribution is 14.0. The van der Waals surface area contributed by atoms with Crippen LogP contribution in [0.2, 0.25) is 0 Å². The lowest BCUT2D eigenvalue weighted by Crippen LogP contribution is -2.39. The third-order valence-electron chi connectivity index (χ3n) is 3.03. The number of rotatable bonds is 4. The van der Waals surface area contributed by atoms with Crippen LogP contribution in [0.3, 0.4) is 0 Å². The van der Waals surface area contributed by atoms with Gasteiger partial charge in [-0.1, -0.05) is 6.92 Å². The highest BCUT2D eigenvalue weighted by atomic mass is 127. The van der Waals surface area contributed by atoms with Crippen LogP contribution in [0.15, 0.2) is 17.4 Å². The Kier molecular flexibility index (Phi) is 5.95. The molecule has 0 saturated heterocycles. The summed E-state index contributed by atoms with van der Waals surface area (Å²) in [5.41, 5.74) is 0. The molecule has 1 heterocycles. The molecule has 2 rings (SSSR count). The Hall–Kier alpha value is -0.930. The highest BCUT2D eigenvalue weighted by Crippen LogP contribution is 2.28. The first kappa shape index (κ1) is 16.1. The molecule has 19 heavy (non-hydrogen) atoms. The van der Waals surface area contributed by atoms with E-state index < -0.39 is 6.55 Å². The predicted octanol–water partition coefficient (Wildman–Crippen LogP) is 1.97. The number of alkyl halides is 2. The minimum absolute atomic E-state index is 0. The summed E-state index contributed by atoms with van der Waals surface area (Å²) in [7, 11) is 1.65. The van der Waals surface area contributed by atoms with Gasteiger partial charge in [0.2, 0.25) is 0 Å². The van der Waals surface area contributed by atoms with Crippen LogP contribution in [0.25, 0.3) is 0 Å². The van der Waals surface area contributed by atoms with Gasteiger partial charge in [-0.15, -0.1) is 24.0 Å². The first-order valence-corrected chi connectivity index (χ1v) is 5.89. The van der Waals surface area contributed by atoms with Crippen molar-refractivity contribution >= 4 is 29.9 Å². The van der Waals surface area contributed by atoms with E-state index in [0.717, 1.165) is 11.0 Å². The van der Waals surface area contributed by atoms with Gasteiger partial charge in [-0.25, -0.2) is 4.98 Å². The Morgan fingerprint density at radius 3 is 2.84 bits per heavy atom. The molecule has 0 bridgehead atoms. The largest absolute Gasteiger partial charge is 0.353 e. The zero-order chi connectivity index (χ0) is 13.1. The van der Waals surface area contributed by atoms with Crippen LogP contribution in [0.1, 0.15) is 25.7 Å². The van der Waals surface area contributed by atoms with E-state index in [1.807, 2.05) is 0 Å². The van der Waals surface area contributed by atoms with Crippen molar-refractivity contribution in [2.45, 2.75) is 32.5 Å². The van der Waals surface area contributed by atoms with Crippen molar-refractivity contribution in [3.8, 4) is 0 Å². The lowest BCUT2D eigenvalue weighted by Gasteiger charge is -2.12. The normalized spacial score (nSPS) is 22.1. The molecule has 8 heteroatoms. The third kappa shape index (κ3) is 4.29. The van der Waals surface area contributed by atoms with E-state index >= 15 is 0 Å². The second kappa shape index (κ2) is 7.01. The molecule has 0 radical (unpaired) electrons. The molecule has 5 nitrogen and oxygen atoms in total. The van der Waals surface area contributed by atoms with Crippen LogP contribution in [0.5, 0.6) is 0 Å². The summed E-state index contributed by atoms with van der Waals surface area (Å²) in [6.07, 6.45) is 3.75. The van der Waals surface area contributed by atoms with Crippen molar-refractivity contribution < 1.29 is 8.78 Å². The second-order valence-corrected chi connectivity index (χ2v) is 4.42. The zero-order valence-corrected chi connectivity index (χ0v) is 13.1. The average molecular weight is 385 g/mol. The van der Waals surface area contributed by atoms with E-state index in [2.05, 4.69) is 27.5 Å². The maximum Gasteiger partial charge on any atom is 0.319 e. The Bertz CT molecular complexity index is 434. The van der Waals surface area contributed by atoms with Crippen molar-refractivity contribution in [3.63, 3.8) is 0 Å². The first-order chi connectivity index (χ1) is 8.61. The summed E-state index contributed by atoms with van der Waals surface area (Å²) in [6.45, 7) is -0.199. The first-order valence-electron chi connectivity index (χ1n) is 5.89. The van der Waals surface area contributed by atoms with E-state index in [4.69, 9.17) is 0 Å². The van der Waals surface area contributed by atoms with Crippen LogP contribution in [0, 0.1) is 5.92 Å². The fourth-order valence-electron chi connectivity index (χ4n) is 1.71. The number of guanidine groups is 1. The standard InChI is InChI=1S/C11H17F2N5.HI/c1-7-5-8(7)17-11(14-2)16-6-9-15-3-4-18(9)10(12)13;/h3-4,7-8,10H,5-6H2,1-2H3,(H2,14,16,17);1H. The molecule has 2 unspecified atom stereocenters. The van der Waals surface area contributed by atoms with Crippen LogP contribution in [-0.4, -0.2) is 28.6 Å². The van der Waals surface area contributed by atoms with E-state index in [-0.39, 0.29) is 36.3 Å². The lowest BCUT2D eigenvalue weighted by atomic mass is 10.5. The summed E-state index contributed by atoms with van der Waals surface area (Å²) < 4.78 is 26.0. The number of aliphatic imine (C=N–C) groups is 1. The molecular formula is C11H18F2IN5. The third-order valence-corrected chi connectivity index (χ3v) is 3.03. The Morgan fingerprint density at radius 2 is 2.32 bits per heavy atom. The molecule has 1 aliphatic rings. The number of aromatic nitrogens is 2. The molecule has 0 amide bonds. The molecular weight excluding hydrogens is 367 g/mol. The number of imidazole rings is 1. The molecule has 0 aromatic carbocycles.